The van der Waals surface area contributed by atoms with Crippen LogP contribution in [0.5, 0.6) is 0 Å². The molecule has 0 saturated heterocycles. The zero-order valence-electron chi connectivity index (χ0n) is 7.05. The van der Waals surface area contributed by atoms with Gasteiger partial charge in [0.2, 0.25) is 0 Å². The van der Waals surface area contributed by atoms with Crippen LogP contribution in [0.4, 0.5) is 0 Å². The van der Waals surface area contributed by atoms with E-state index in [1.54, 1.807) is 0 Å². The summed E-state index contributed by atoms with van der Waals surface area (Å²) in [6.45, 7) is 6.53. The summed E-state index contributed by atoms with van der Waals surface area (Å²) in [6, 6.07) is 0. The minimum atomic E-state index is 0.403. The number of carbonyl (C=O) groups excluding carboxylic acids is 1. The van der Waals surface area contributed by atoms with Gasteiger partial charge >= 0.3 is 0 Å². The molecule has 2 atom stereocenters. The van der Waals surface area contributed by atoms with Crippen LogP contribution in [0.3, 0.4) is 0 Å². The number of hydrogen-bond donors (Lipinski definition) is 0. The lowest BCUT2D eigenvalue weighted by atomic mass is 9.70. The summed E-state index contributed by atoms with van der Waals surface area (Å²) >= 11 is 0. The van der Waals surface area contributed by atoms with E-state index in [4.69, 9.17) is 0 Å². The molecule has 0 aliphatic heterocycles. The van der Waals surface area contributed by atoms with Crippen molar-refractivity contribution in [1.82, 2.24) is 0 Å². The predicted octanol–water partition coefficient (Wildman–Crippen LogP) is 2.26. The van der Waals surface area contributed by atoms with Crippen molar-refractivity contribution < 1.29 is 4.79 Å². The van der Waals surface area contributed by atoms with Crippen molar-refractivity contribution in [2.75, 3.05) is 0 Å². The summed E-state index contributed by atoms with van der Waals surface area (Å²) in [5.41, 5.74) is 0. The Morgan fingerprint density at radius 3 is 2.40 bits per heavy atom. The summed E-state index contributed by atoms with van der Waals surface area (Å²) in [6.07, 6.45) is 1.93. The first-order chi connectivity index (χ1) is 4.61. The average molecular weight is 140 g/mol. The van der Waals surface area contributed by atoms with Gasteiger partial charge in [-0.1, -0.05) is 20.8 Å². The third-order valence-corrected chi connectivity index (χ3v) is 2.35. The molecule has 0 heterocycles. The molecule has 0 spiro atoms. The van der Waals surface area contributed by atoms with Crippen molar-refractivity contribution in [1.29, 1.82) is 0 Å². The van der Waals surface area contributed by atoms with E-state index in [2.05, 4.69) is 20.8 Å². The second kappa shape index (κ2) is 2.73. The van der Waals surface area contributed by atoms with Gasteiger partial charge in [-0.25, -0.2) is 0 Å². The molecule has 0 aromatic rings. The van der Waals surface area contributed by atoms with Crippen molar-refractivity contribution in [2.24, 2.45) is 17.8 Å². The minimum absolute atomic E-state index is 0.403. The lowest BCUT2D eigenvalue weighted by Gasteiger charge is -2.33. The van der Waals surface area contributed by atoms with E-state index in [9.17, 15) is 4.79 Å². The molecule has 0 aromatic carbocycles. The van der Waals surface area contributed by atoms with Crippen molar-refractivity contribution in [3.8, 4) is 0 Å². The molecule has 0 radical (unpaired) electrons. The Morgan fingerprint density at radius 1 is 1.60 bits per heavy atom. The van der Waals surface area contributed by atoms with Gasteiger partial charge in [-0.05, 0) is 18.3 Å². The third-order valence-electron chi connectivity index (χ3n) is 2.35. The number of ketones is 1. The van der Waals surface area contributed by atoms with Crippen molar-refractivity contribution in [3.63, 3.8) is 0 Å². The maximum atomic E-state index is 11.0. The molecular formula is C9H16O. The molecule has 1 heteroatoms. The lowest BCUT2D eigenvalue weighted by molar-refractivity contribution is -0.134. The normalized spacial score (nSPS) is 32.6. The Balaban J connectivity index is 2.33. The maximum absolute atomic E-state index is 11.0. The Bertz CT molecular complexity index is 138. The van der Waals surface area contributed by atoms with Gasteiger partial charge < -0.3 is 0 Å². The average Bonchev–Trinajstić information content (AvgIpc) is 1.84. The summed E-state index contributed by atoms with van der Waals surface area (Å²) in [7, 11) is 0. The van der Waals surface area contributed by atoms with Crippen LogP contribution in [0.15, 0.2) is 0 Å². The van der Waals surface area contributed by atoms with Crippen molar-refractivity contribution in [3.05, 3.63) is 0 Å². The molecule has 10 heavy (non-hydrogen) atoms. The van der Waals surface area contributed by atoms with Crippen molar-refractivity contribution in [2.45, 2.75) is 33.6 Å². The SMILES string of the molecule is CC(C)C[C@@H]1C(=O)CC1C. The number of rotatable bonds is 2. The molecule has 0 N–H and O–H groups in total. The molecule has 1 unspecified atom stereocenters. The van der Waals surface area contributed by atoms with Gasteiger partial charge in [0.05, 0.1) is 0 Å². The third kappa shape index (κ3) is 1.39. The summed E-state index contributed by atoms with van der Waals surface area (Å²) < 4.78 is 0. The van der Waals surface area contributed by atoms with Crippen LogP contribution in [-0.2, 0) is 4.79 Å². The molecule has 58 valence electrons. The zero-order valence-corrected chi connectivity index (χ0v) is 7.05. The van der Waals surface area contributed by atoms with E-state index in [0.29, 0.717) is 23.5 Å². The fourth-order valence-corrected chi connectivity index (χ4v) is 1.64. The molecule has 1 aliphatic rings. The summed E-state index contributed by atoms with van der Waals surface area (Å²) in [4.78, 5) is 11.0. The van der Waals surface area contributed by atoms with Crippen LogP contribution in [-0.4, -0.2) is 5.78 Å². The number of carbonyl (C=O) groups is 1. The zero-order chi connectivity index (χ0) is 7.72. The molecule has 0 bridgehead atoms. The second-order valence-electron chi connectivity index (χ2n) is 3.88. The molecular weight excluding hydrogens is 124 g/mol. The first-order valence-corrected chi connectivity index (χ1v) is 4.14. The van der Waals surface area contributed by atoms with E-state index >= 15 is 0 Å². The van der Waals surface area contributed by atoms with E-state index in [-0.39, 0.29) is 0 Å². The highest BCUT2D eigenvalue weighted by Crippen LogP contribution is 2.34. The van der Waals surface area contributed by atoms with E-state index in [1.807, 2.05) is 0 Å². The van der Waals surface area contributed by atoms with E-state index in [0.717, 1.165) is 12.8 Å². The smallest absolute Gasteiger partial charge is 0.136 e. The molecule has 1 saturated carbocycles. The molecule has 1 aliphatic carbocycles. The number of Topliss-reactive ketones (excluding diaryl/α,β-unsaturated/α-hetero) is 1. The lowest BCUT2D eigenvalue weighted by Crippen LogP contribution is -2.35. The highest BCUT2D eigenvalue weighted by molar-refractivity contribution is 5.87. The number of hydrogen-bond acceptors (Lipinski definition) is 1. The van der Waals surface area contributed by atoms with Crippen LogP contribution in [0.2, 0.25) is 0 Å². The van der Waals surface area contributed by atoms with Crippen LogP contribution < -0.4 is 0 Å². The van der Waals surface area contributed by atoms with Crippen LogP contribution >= 0.6 is 0 Å². The molecule has 0 aromatic heterocycles. The van der Waals surface area contributed by atoms with Gasteiger partial charge in [-0.15, -0.1) is 0 Å². The fourth-order valence-electron chi connectivity index (χ4n) is 1.64. The van der Waals surface area contributed by atoms with Crippen LogP contribution in [0.1, 0.15) is 33.6 Å². The van der Waals surface area contributed by atoms with Crippen LogP contribution in [0, 0.1) is 17.8 Å². The largest absolute Gasteiger partial charge is 0.299 e. The topological polar surface area (TPSA) is 17.1 Å². The van der Waals surface area contributed by atoms with Gasteiger partial charge in [0.1, 0.15) is 5.78 Å². The molecule has 1 nitrogen and oxygen atoms in total. The second-order valence-corrected chi connectivity index (χ2v) is 3.88. The van der Waals surface area contributed by atoms with Gasteiger partial charge in [0.25, 0.3) is 0 Å². The highest BCUT2D eigenvalue weighted by atomic mass is 16.1. The van der Waals surface area contributed by atoms with Crippen molar-refractivity contribution >= 4 is 5.78 Å². The Hall–Kier alpha value is -0.330. The predicted molar refractivity (Wildman–Crippen MR) is 41.7 cm³/mol. The monoisotopic (exact) mass is 140 g/mol. The highest BCUT2D eigenvalue weighted by Gasteiger charge is 2.35. The van der Waals surface area contributed by atoms with E-state index < -0.39 is 0 Å². The van der Waals surface area contributed by atoms with Gasteiger partial charge in [-0.3, -0.25) is 4.79 Å². The standard InChI is InChI=1S/C9H16O/c1-6(2)4-8-7(3)5-9(8)10/h6-8H,4-5H2,1-3H3/t7?,8-/m0/s1. The Labute approximate surface area is 62.8 Å². The van der Waals surface area contributed by atoms with Gasteiger partial charge in [0.15, 0.2) is 0 Å². The summed E-state index contributed by atoms with van der Waals surface area (Å²) in [5, 5.41) is 0. The quantitative estimate of drug-likeness (QED) is 0.575. The first-order valence-electron chi connectivity index (χ1n) is 4.14. The fraction of sp³-hybridized carbons (Fsp3) is 0.889. The van der Waals surface area contributed by atoms with Gasteiger partial charge in [-0.2, -0.15) is 0 Å². The maximum Gasteiger partial charge on any atom is 0.136 e. The molecule has 1 fully saturated rings. The first kappa shape index (κ1) is 7.77. The van der Waals surface area contributed by atoms with Crippen LogP contribution in [0.25, 0.3) is 0 Å². The summed E-state index contributed by atoms with van der Waals surface area (Å²) in [5.74, 6) is 2.23. The molecule has 1 rings (SSSR count). The molecule has 0 amide bonds. The Morgan fingerprint density at radius 2 is 2.20 bits per heavy atom. The minimum Gasteiger partial charge on any atom is -0.299 e. The van der Waals surface area contributed by atoms with Gasteiger partial charge in [0, 0.05) is 12.3 Å². The Kier molecular flexibility index (Phi) is 2.12. The van der Waals surface area contributed by atoms with E-state index in [1.165, 1.54) is 0 Å².